The van der Waals surface area contributed by atoms with Crippen LogP contribution in [0, 0.1) is 44.7 Å². The lowest BCUT2D eigenvalue weighted by molar-refractivity contribution is -0.386. The average Bonchev–Trinajstić information content (AvgIpc) is 3.40. The number of carbonyl (C=O) groups is 2. The number of esters is 1. The second-order valence-corrected chi connectivity index (χ2v) is 9.05. The standard InChI is InChI=1S/C26H28N6O6/c1-15-12-21(22(33)14-38-23(34)13-29-19(5)24(32(36)37)16(2)27-29)17(3)30(15)25-18(4)28(6)31(26(25)35)20-10-8-7-9-11-20/h7-12H,13-14H2,1-6H3. The molecule has 38 heavy (non-hydrogen) atoms. The van der Waals surface area contributed by atoms with Crippen molar-refractivity contribution in [3.05, 3.63) is 90.9 Å². The Hall–Kier alpha value is -4.74. The molecule has 0 spiro atoms. The molecular formula is C26H28N6O6. The quantitative estimate of drug-likeness (QED) is 0.151. The smallest absolute Gasteiger partial charge is 0.328 e. The molecule has 0 amide bonds. The Morgan fingerprint density at radius 3 is 2.29 bits per heavy atom. The molecule has 0 aliphatic heterocycles. The number of hydrogen-bond acceptors (Lipinski definition) is 7. The maximum absolute atomic E-state index is 13.5. The lowest BCUT2D eigenvalue weighted by atomic mass is 10.1. The fourth-order valence-corrected chi connectivity index (χ4v) is 4.70. The van der Waals surface area contributed by atoms with Gasteiger partial charge in [-0.15, -0.1) is 0 Å². The number of ether oxygens (including phenoxy) is 1. The van der Waals surface area contributed by atoms with Crippen LogP contribution in [0.5, 0.6) is 0 Å². The number of nitro groups is 1. The van der Waals surface area contributed by atoms with Crippen molar-refractivity contribution in [3.8, 4) is 11.4 Å². The molecule has 0 unspecified atom stereocenters. The second kappa shape index (κ2) is 9.96. The van der Waals surface area contributed by atoms with E-state index in [0.717, 1.165) is 0 Å². The largest absolute Gasteiger partial charge is 0.456 e. The summed E-state index contributed by atoms with van der Waals surface area (Å²) in [5, 5.41) is 15.2. The van der Waals surface area contributed by atoms with Crippen LogP contribution in [0.3, 0.4) is 0 Å². The molecule has 198 valence electrons. The third-order valence-electron chi connectivity index (χ3n) is 6.65. The van der Waals surface area contributed by atoms with Crippen LogP contribution < -0.4 is 5.56 Å². The monoisotopic (exact) mass is 520 g/mol. The van der Waals surface area contributed by atoms with Crippen LogP contribution in [0.15, 0.2) is 41.2 Å². The van der Waals surface area contributed by atoms with E-state index in [1.165, 1.54) is 18.5 Å². The number of hydrogen-bond donors (Lipinski definition) is 0. The van der Waals surface area contributed by atoms with Crippen LogP contribution in [0.4, 0.5) is 5.69 Å². The van der Waals surface area contributed by atoms with Gasteiger partial charge in [0.15, 0.2) is 6.61 Å². The summed E-state index contributed by atoms with van der Waals surface area (Å²) >= 11 is 0. The summed E-state index contributed by atoms with van der Waals surface area (Å²) in [6, 6.07) is 10.9. The van der Waals surface area contributed by atoms with E-state index in [0.29, 0.717) is 34.0 Å². The van der Waals surface area contributed by atoms with Gasteiger partial charge in [-0.25, -0.2) is 4.68 Å². The van der Waals surface area contributed by atoms with Gasteiger partial charge in [0.05, 0.1) is 16.3 Å². The summed E-state index contributed by atoms with van der Waals surface area (Å²) in [6.45, 7) is 7.45. The minimum absolute atomic E-state index is 0.163. The van der Waals surface area contributed by atoms with Crippen LogP contribution in [0.2, 0.25) is 0 Å². The molecular weight excluding hydrogens is 492 g/mol. The molecule has 0 bridgehead atoms. The van der Waals surface area contributed by atoms with Gasteiger partial charge in [0.25, 0.3) is 5.56 Å². The van der Waals surface area contributed by atoms with E-state index in [2.05, 4.69) is 5.10 Å². The van der Waals surface area contributed by atoms with Crippen LogP contribution in [0.25, 0.3) is 11.4 Å². The lowest BCUT2D eigenvalue weighted by Crippen LogP contribution is -2.22. The number of nitrogens with zero attached hydrogens (tertiary/aromatic N) is 6. The Morgan fingerprint density at radius 2 is 1.68 bits per heavy atom. The van der Waals surface area contributed by atoms with Crippen molar-refractivity contribution in [2.24, 2.45) is 7.05 Å². The van der Waals surface area contributed by atoms with E-state index in [4.69, 9.17) is 4.74 Å². The number of Topliss-reactive ketones (excluding diaryl/α,β-unsaturated/α-hetero) is 1. The number of aryl methyl sites for hydroxylation is 2. The van der Waals surface area contributed by atoms with Crippen molar-refractivity contribution in [2.45, 2.75) is 41.2 Å². The fraction of sp³-hybridized carbons (Fsp3) is 0.308. The van der Waals surface area contributed by atoms with Crippen molar-refractivity contribution >= 4 is 17.4 Å². The predicted molar refractivity (Wildman–Crippen MR) is 138 cm³/mol. The molecule has 12 heteroatoms. The van der Waals surface area contributed by atoms with Gasteiger partial charge in [-0.3, -0.25) is 33.9 Å². The van der Waals surface area contributed by atoms with Gasteiger partial charge in [-0.1, -0.05) is 18.2 Å². The van der Waals surface area contributed by atoms with Gasteiger partial charge in [-0.2, -0.15) is 5.10 Å². The fourth-order valence-electron chi connectivity index (χ4n) is 4.70. The second-order valence-electron chi connectivity index (χ2n) is 9.05. The van der Waals surface area contributed by atoms with Gasteiger partial charge in [0.2, 0.25) is 5.78 Å². The lowest BCUT2D eigenvalue weighted by Gasteiger charge is -2.09. The topological polar surface area (TPSA) is 136 Å². The average molecular weight is 521 g/mol. The van der Waals surface area contributed by atoms with E-state index in [1.54, 1.807) is 40.9 Å². The number of benzene rings is 1. The first kappa shape index (κ1) is 26.3. The van der Waals surface area contributed by atoms with E-state index >= 15 is 0 Å². The molecule has 0 aliphatic rings. The van der Waals surface area contributed by atoms with Gasteiger partial charge in [-0.05, 0) is 52.8 Å². The van der Waals surface area contributed by atoms with E-state index in [1.807, 2.05) is 37.3 Å². The van der Waals surface area contributed by atoms with Crippen molar-refractivity contribution in [2.75, 3.05) is 6.61 Å². The molecule has 0 aliphatic carbocycles. The molecule has 1 aromatic carbocycles. The highest BCUT2D eigenvalue weighted by Gasteiger charge is 2.26. The van der Waals surface area contributed by atoms with E-state index in [9.17, 15) is 24.5 Å². The summed E-state index contributed by atoms with van der Waals surface area (Å²) in [7, 11) is 1.80. The van der Waals surface area contributed by atoms with Crippen LogP contribution in [-0.4, -0.2) is 47.0 Å². The zero-order valence-corrected chi connectivity index (χ0v) is 22.0. The summed E-state index contributed by atoms with van der Waals surface area (Å²) in [5.74, 6) is -1.19. The number of aromatic nitrogens is 5. The first-order chi connectivity index (χ1) is 17.9. The third kappa shape index (κ3) is 4.44. The number of para-hydroxylation sites is 1. The minimum Gasteiger partial charge on any atom is -0.456 e. The maximum atomic E-state index is 13.5. The summed E-state index contributed by atoms with van der Waals surface area (Å²) in [4.78, 5) is 49.5. The molecule has 3 aromatic heterocycles. The highest BCUT2D eigenvalue weighted by atomic mass is 16.6. The van der Waals surface area contributed by atoms with Gasteiger partial charge in [0, 0.05) is 24.0 Å². The molecule has 12 nitrogen and oxygen atoms in total. The van der Waals surface area contributed by atoms with Crippen molar-refractivity contribution in [3.63, 3.8) is 0 Å². The zero-order chi connectivity index (χ0) is 27.9. The molecule has 0 saturated carbocycles. The van der Waals surface area contributed by atoms with Crippen LogP contribution in [0.1, 0.15) is 38.8 Å². The molecule has 0 fully saturated rings. The minimum atomic E-state index is -0.752. The number of ketones is 1. The van der Waals surface area contributed by atoms with Gasteiger partial charge < -0.3 is 9.30 Å². The van der Waals surface area contributed by atoms with Gasteiger partial charge in [0.1, 0.15) is 23.6 Å². The SMILES string of the molecule is Cc1nn(CC(=O)OCC(=O)c2cc(C)n(-c3c(C)n(C)n(-c4ccccc4)c3=O)c2C)c(C)c1[N+](=O)[O-]. The Labute approximate surface area is 217 Å². The zero-order valence-electron chi connectivity index (χ0n) is 22.0. The number of carbonyl (C=O) groups excluding carboxylic acids is 2. The molecule has 4 rings (SSSR count). The van der Waals surface area contributed by atoms with E-state index in [-0.39, 0.29) is 29.2 Å². The first-order valence-electron chi connectivity index (χ1n) is 11.8. The van der Waals surface area contributed by atoms with E-state index < -0.39 is 23.3 Å². The maximum Gasteiger partial charge on any atom is 0.328 e. The molecule has 0 saturated heterocycles. The summed E-state index contributed by atoms with van der Waals surface area (Å²) in [6.07, 6.45) is 0. The molecule has 0 N–H and O–H groups in total. The molecule has 0 atom stereocenters. The summed E-state index contributed by atoms with van der Waals surface area (Å²) < 4.78 is 11.4. The normalized spacial score (nSPS) is 11.1. The number of rotatable bonds is 8. The van der Waals surface area contributed by atoms with Gasteiger partial charge >= 0.3 is 11.7 Å². The molecule has 0 radical (unpaired) electrons. The highest BCUT2D eigenvalue weighted by Crippen LogP contribution is 2.24. The predicted octanol–water partition coefficient (Wildman–Crippen LogP) is 3.04. The Morgan fingerprint density at radius 1 is 1.03 bits per heavy atom. The first-order valence-corrected chi connectivity index (χ1v) is 11.8. The Bertz CT molecular complexity index is 1640. The Balaban J connectivity index is 1.56. The van der Waals surface area contributed by atoms with Crippen molar-refractivity contribution < 1.29 is 19.2 Å². The highest BCUT2D eigenvalue weighted by molar-refractivity contribution is 5.99. The van der Waals surface area contributed by atoms with Crippen molar-refractivity contribution in [1.82, 2.24) is 23.7 Å². The van der Waals surface area contributed by atoms with Crippen LogP contribution in [-0.2, 0) is 23.1 Å². The third-order valence-corrected chi connectivity index (χ3v) is 6.65. The van der Waals surface area contributed by atoms with Crippen LogP contribution >= 0.6 is 0 Å². The molecule has 4 aromatic rings. The van der Waals surface area contributed by atoms with Crippen molar-refractivity contribution in [1.29, 1.82) is 0 Å². The summed E-state index contributed by atoms with van der Waals surface area (Å²) in [5.41, 5.74) is 3.41. The Kier molecular flexibility index (Phi) is 6.90. The molecule has 3 heterocycles.